The van der Waals surface area contributed by atoms with Gasteiger partial charge in [-0.05, 0) is 42.7 Å². The molecule has 1 saturated heterocycles. The predicted octanol–water partition coefficient (Wildman–Crippen LogP) is 1.56. The third kappa shape index (κ3) is 4.27. The molecule has 2 aliphatic heterocycles. The molecule has 2 fully saturated rings. The van der Waals surface area contributed by atoms with Crippen molar-refractivity contribution in [2.45, 2.75) is 19.3 Å². The number of anilines is 1. The van der Waals surface area contributed by atoms with E-state index >= 15 is 0 Å². The van der Waals surface area contributed by atoms with Gasteiger partial charge in [0.05, 0.1) is 18.4 Å². The van der Waals surface area contributed by atoms with E-state index in [2.05, 4.69) is 33.8 Å². The van der Waals surface area contributed by atoms with Crippen molar-refractivity contribution in [3.63, 3.8) is 0 Å². The number of benzene rings is 1. The van der Waals surface area contributed by atoms with Crippen LogP contribution in [0.25, 0.3) is 0 Å². The van der Waals surface area contributed by atoms with E-state index in [1.165, 1.54) is 10.5 Å². The molecule has 1 aromatic carbocycles. The molecule has 1 saturated carbocycles. The average molecular weight is 563 g/mol. The number of aryl methyl sites for hydroxylation is 1. The van der Waals surface area contributed by atoms with Crippen molar-refractivity contribution in [3.05, 3.63) is 42.0 Å². The molecule has 2 heterocycles. The minimum Gasteiger partial charge on any atom is -0.355 e. The number of guanidine groups is 1. The van der Waals surface area contributed by atoms with Crippen molar-refractivity contribution in [2.24, 2.45) is 28.7 Å². The molecule has 0 spiro atoms. The summed E-state index contributed by atoms with van der Waals surface area (Å²) in [6.07, 6.45) is 7.08. The van der Waals surface area contributed by atoms with Gasteiger partial charge in [0.2, 0.25) is 17.7 Å². The second-order valence-electron chi connectivity index (χ2n) is 8.96. The SMILES string of the molecule is CN=C(NCCN1C(=O)C2C3C=CC(C3)C2C1=O)NCC(=O)N1CCCc2ccccc21.I. The van der Waals surface area contributed by atoms with Gasteiger partial charge >= 0.3 is 0 Å². The van der Waals surface area contributed by atoms with Gasteiger partial charge in [0.15, 0.2) is 5.96 Å². The van der Waals surface area contributed by atoms with Gasteiger partial charge < -0.3 is 15.5 Å². The first kappa shape index (κ1) is 23.7. The quantitative estimate of drug-likeness (QED) is 0.187. The lowest BCUT2D eigenvalue weighted by Crippen LogP contribution is -2.47. The summed E-state index contributed by atoms with van der Waals surface area (Å²) in [4.78, 5) is 45.7. The number of nitrogens with one attached hydrogen (secondary N) is 2. The summed E-state index contributed by atoms with van der Waals surface area (Å²) in [7, 11) is 1.63. The van der Waals surface area contributed by atoms with Crippen LogP contribution in [-0.4, -0.2) is 61.8 Å². The van der Waals surface area contributed by atoms with Crippen molar-refractivity contribution in [3.8, 4) is 0 Å². The fourth-order valence-electron chi connectivity index (χ4n) is 5.74. The first-order valence-electron chi connectivity index (χ1n) is 11.4. The number of hydrogen-bond acceptors (Lipinski definition) is 4. The van der Waals surface area contributed by atoms with Gasteiger partial charge in [-0.3, -0.25) is 24.3 Å². The molecule has 176 valence electrons. The number of fused-ring (bicyclic) bond motifs is 6. The van der Waals surface area contributed by atoms with Gasteiger partial charge in [-0.15, -0.1) is 24.0 Å². The molecule has 4 unspecified atom stereocenters. The summed E-state index contributed by atoms with van der Waals surface area (Å²) in [6, 6.07) is 8.01. The predicted molar refractivity (Wildman–Crippen MR) is 136 cm³/mol. The number of amides is 3. The van der Waals surface area contributed by atoms with E-state index in [1.54, 1.807) is 7.05 Å². The Labute approximate surface area is 210 Å². The number of para-hydroxylation sites is 1. The maximum Gasteiger partial charge on any atom is 0.246 e. The van der Waals surface area contributed by atoms with Crippen LogP contribution in [0, 0.1) is 23.7 Å². The molecular formula is C24H30IN5O3. The molecule has 1 aromatic rings. The minimum atomic E-state index is -0.167. The van der Waals surface area contributed by atoms with E-state index in [0.29, 0.717) is 25.6 Å². The highest BCUT2D eigenvalue weighted by atomic mass is 127. The molecule has 2 aliphatic carbocycles. The Hall–Kier alpha value is -2.43. The highest BCUT2D eigenvalue weighted by molar-refractivity contribution is 14.0. The maximum atomic E-state index is 12.8. The Morgan fingerprint density at radius 1 is 1.09 bits per heavy atom. The Balaban J connectivity index is 0.00000259. The largest absolute Gasteiger partial charge is 0.355 e. The lowest BCUT2D eigenvalue weighted by molar-refractivity contribution is -0.140. The summed E-state index contributed by atoms with van der Waals surface area (Å²) in [6.45, 7) is 1.52. The van der Waals surface area contributed by atoms with Crippen molar-refractivity contribution < 1.29 is 14.4 Å². The van der Waals surface area contributed by atoms with Gasteiger partial charge in [0.1, 0.15) is 0 Å². The number of halogens is 1. The Kier molecular flexibility index (Phi) is 7.06. The summed E-state index contributed by atoms with van der Waals surface area (Å²) in [5.74, 6) is 0.492. The Bertz CT molecular complexity index is 980. The summed E-state index contributed by atoms with van der Waals surface area (Å²) < 4.78 is 0. The third-order valence-electron chi connectivity index (χ3n) is 7.23. The molecule has 2 bridgehead atoms. The smallest absolute Gasteiger partial charge is 0.246 e. The second kappa shape index (κ2) is 9.82. The Morgan fingerprint density at radius 2 is 1.79 bits per heavy atom. The number of hydrogen-bond donors (Lipinski definition) is 2. The Morgan fingerprint density at radius 3 is 2.48 bits per heavy atom. The molecule has 9 heteroatoms. The number of nitrogens with zero attached hydrogens (tertiary/aromatic N) is 3. The normalized spacial score (nSPS) is 27.4. The van der Waals surface area contributed by atoms with Gasteiger partial charge in [-0.25, -0.2) is 0 Å². The van der Waals surface area contributed by atoms with Crippen LogP contribution in [0.5, 0.6) is 0 Å². The van der Waals surface area contributed by atoms with Crippen molar-refractivity contribution in [1.29, 1.82) is 0 Å². The van der Waals surface area contributed by atoms with Crippen LogP contribution in [-0.2, 0) is 20.8 Å². The van der Waals surface area contributed by atoms with Crippen LogP contribution in [0.2, 0.25) is 0 Å². The zero-order valence-corrected chi connectivity index (χ0v) is 21.0. The van der Waals surface area contributed by atoms with Gasteiger partial charge in [-0.2, -0.15) is 0 Å². The van der Waals surface area contributed by atoms with E-state index in [4.69, 9.17) is 0 Å². The van der Waals surface area contributed by atoms with E-state index in [-0.39, 0.29) is 71.9 Å². The molecular weight excluding hydrogens is 533 g/mol. The summed E-state index contributed by atoms with van der Waals surface area (Å²) in [5, 5.41) is 6.18. The molecule has 33 heavy (non-hydrogen) atoms. The molecule has 0 aromatic heterocycles. The number of aliphatic imine (C=N–C) groups is 1. The standard InChI is InChI=1S/C24H29N5O3.HI/c1-25-24(27-14-19(30)28-11-4-6-15-5-2-3-7-18(15)28)26-10-12-29-22(31)20-16-8-9-17(13-16)21(20)23(29)32;/h2-3,5,7-9,16-17,20-21H,4,6,10-14H2,1H3,(H2,25,26,27);1H. The monoisotopic (exact) mass is 563 g/mol. The van der Waals surface area contributed by atoms with Crippen LogP contribution in [0.4, 0.5) is 5.69 Å². The van der Waals surface area contributed by atoms with Crippen molar-refractivity contribution in [1.82, 2.24) is 15.5 Å². The van der Waals surface area contributed by atoms with Gasteiger partial charge in [-0.1, -0.05) is 30.4 Å². The zero-order chi connectivity index (χ0) is 22.2. The van der Waals surface area contributed by atoms with E-state index < -0.39 is 0 Å². The van der Waals surface area contributed by atoms with Crippen LogP contribution in [0.3, 0.4) is 0 Å². The maximum absolute atomic E-state index is 12.8. The molecule has 3 amide bonds. The zero-order valence-electron chi connectivity index (χ0n) is 18.7. The number of rotatable bonds is 5. The molecule has 2 N–H and O–H groups in total. The van der Waals surface area contributed by atoms with Crippen LogP contribution in [0.1, 0.15) is 18.4 Å². The van der Waals surface area contributed by atoms with Crippen LogP contribution >= 0.6 is 24.0 Å². The van der Waals surface area contributed by atoms with Crippen molar-refractivity contribution in [2.75, 3.05) is 38.1 Å². The number of likely N-dealkylation sites (tertiary alicyclic amines) is 1. The summed E-state index contributed by atoms with van der Waals surface area (Å²) in [5.41, 5.74) is 2.18. The van der Waals surface area contributed by atoms with Crippen LogP contribution < -0.4 is 15.5 Å². The number of carbonyl (C=O) groups excluding carboxylic acids is 3. The van der Waals surface area contributed by atoms with E-state index in [9.17, 15) is 14.4 Å². The second-order valence-corrected chi connectivity index (χ2v) is 8.96. The first-order chi connectivity index (χ1) is 15.6. The molecule has 0 radical (unpaired) electrons. The molecule has 8 nitrogen and oxygen atoms in total. The van der Waals surface area contributed by atoms with Crippen molar-refractivity contribution >= 4 is 53.3 Å². The van der Waals surface area contributed by atoms with E-state index in [0.717, 1.165) is 24.9 Å². The number of allylic oxidation sites excluding steroid dienone is 2. The average Bonchev–Trinajstić information content (AvgIpc) is 3.50. The highest BCUT2D eigenvalue weighted by Gasteiger charge is 2.58. The molecule has 4 atom stereocenters. The first-order valence-corrected chi connectivity index (χ1v) is 11.4. The fraction of sp³-hybridized carbons (Fsp3) is 0.500. The topological polar surface area (TPSA) is 94.1 Å². The number of carbonyl (C=O) groups is 3. The minimum absolute atomic E-state index is 0. The summed E-state index contributed by atoms with van der Waals surface area (Å²) >= 11 is 0. The fourth-order valence-corrected chi connectivity index (χ4v) is 5.74. The molecule has 5 rings (SSSR count). The van der Waals surface area contributed by atoms with E-state index in [1.807, 2.05) is 23.1 Å². The van der Waals surface area contributed by atoms with Gasteiger partial charge in [0.25, 0.3) is 0 Å². The lowest BCUT2D eigenvalue weighted by atomic mass is 9.85. The lowest BCUT2D eigenvalue weighted by Gasteiger charge is -2.29. The van der Waals surface area contributed by atoms with Gasteiger partial charge in [0, 0.05) is 32.4 Å². The number of imide groups is 1. The molecule has 4 aliphatic rings. The third-order valence-corrected chi connectivity index (χ3v) is 7.23. The highest BCUT2D eigenvalue weighted by Crippen LogP contribution is 2.52. The van der Waals surface area contributed by atoms with Crippen LogP contribution in [0.15, 0.2) is 41.4 Å².